The average molecular weight is 205 g/mol. The lowest BCUT2D eigenvalue weighted by atomic mass is 9.88. The molecule has 0 amide bonds. The van der Waals surface area contributed by atoms with Crippen LogP contribution in [0.4, 0.5) is 0 Å². The second kappa shape index (κ2) is 3.41. The molecular weight excluding hydrogens is 194 g/mol. The number of nitrogens with one attached hydrogen (secondary N) is 1. The number of rotatable bonds is 3. The van der Waals surface area contributed by atoms with Crippen LogP contribution in [-0.2, 0) is 10.3 Å². The Balaban J connectivity index is 2.34. The van der Waals surface area contributed by atoms with Gasteiger partial charge in [-0.1, -0.05) is 0 Å². The van der Waals surface area contributed by atoms with E-state index in [-0.39, 0.29) is 6.42 Å². The Morgan fingerprint density at radius 1 is 1.73 bits per heavy atom. The second-order valence-electron chi connectivity index (χ2n) is 3.77. The highest BCUT2D eigenvalue weighted by molar-refractivity contribution is 5.68. The van der Waals surface area contributed by atoms with Gasteiger partial charge < -0.3 is 15.0 Å². The van der Waals surface area contributed by atoms with E-state index in [0.717, 1.165) is 0 Å². The van der Waals surface area contributed by atoms with Crippen LogP contribution in [-0.4, -0.2) is 28.7 Å². The topological polar surface area (TPSA) is 78.0 Å². The SMILES string of the molecule is N#Cc1cccn1C1(CC(=O)O)CNC1. The molecule has 1 aliphatic heterocycles. The van der Waals surface area contributed by atoms with Crippen molar-refractivity contribution in [2.75, 3.05) is 13.1 Å². The molecule has 0 saturated carbocycles. The van der Waals surface area contributed by atoms with Crippen molar-refractivity contribution < 1.29 is 9.90 Å². The second-order valence-corrected chi connectivity index (χ2v) is 3.77. The molecule has 15 heavy (non-hydrogen) atoms. The smallest absolute Gasteiger partial charge is 0.305 e. The van der Waals surface area contributed by atoms with Crippen molar-refractivity contribution in [3.8, 4) is 6.07 Å². The van der Waals surface area contributed by atoms with Crippen LogP contribution < -0.4 is 5.32 Å². The Bertz CT molecular complexity index is 426. The Labute approximate surface area is 86.9 Å². The van der Waals surface area contributed by atoms with Crippen LogP contribution in [0.15, 0.2) is 18.3 Å². The van der Waals surface area contributed by atoms with Crippen LogP contribution in [0.1, 0.15) is 12.1 Å². The number of aromatic nitrogens is 1. The Kier molecular flexibility index (Phi) is 2.21. The standard InChI is InChI=1S/C10H11N3O2/c11-5-8-2-1-3-13(8)10(4-9(14)15)6-12-7-10/h1-3,12H,4,6-7H2,(H,14,15). The summed E-state index contributed by atoms with van der Waals surface area (Å²) in [6.07, 6.45) is 1.81. The van der Waals surface area contributed by atoms with Gasteiger partial charge in [0.25, 0.3) is 0 Å². The fraction of sp³-hybridized carbons (Fsp3) is 0.400. The summed E-state index contributed by atoms with van der Waals surface area (Å²) in [6, 6.07) is 5.53. The van der Waals surface area contributed by atoms with Crippen LogP contribution in [0.5, 0.6) is 0 Å². The highest BCUT2D eigenvalue weighted by atomic mass is 16.4. The number of nitrogens with zero attached hydrogens (tertiary/aromatic N) is 2. The minimum Gasteiger partial charge on any atom is -0.481 e. The van der Waals surface area contributed by atoms with E-state index in [1.165, 1.54) is 0 Å². The quantitative estimate of drug-likeness (QED) is 0.735. The lowest BCUT2D eigenvalue weighted by Gasteiger charge is -2.43. The molecular formula is C10H11N3O2. The van der Waals surface area contributed by atoms with Crippen LogP contribution in [0.2, 0.25) is 0 Å². The zero-order valence-electron chi connectivity index (χ0n) is 8.10. The molecule has 2 N–H and O–H groups in total. The molecule has 0 aromatic carbocycles. The normalized spacial score (nSPS) is 17.8. The van der Waals surface area contributed by atoms with E-state index in [1.807, 2.05) is 0 Å². The van der Waals surface area contributed by atoms with Gasteiger partial charge in [-0.05, 0) is 12.1 Å². The Hall–Kier alpha value is -1.80. The van der Waals surface area contributed by atoms with E-state index >= 15 is 0 Å². The van der Waals surface area contributed by atoms with Crippen molar-refractivity contribution >= 4 is 5.97 Å². The van der Waals surface area contributed by atoms with E-state index < -0.39 is 11.5 Å². The zero-order valence-corrected chi connectivity index (χ0v) is 8.10. The summed E-state index contributed by atoms with van der Waals surface area (Å²) in [4.78, 5) is 10.8. The van der Waals surface area contributed by atoms with Gasteiger partial charge in [0.2, 0.25) is 0 Å². The summed E-state index contributed by atoms with van der Waals surface area (Å²) in [7, 11) is 0. The largest absolute Gasteiger partial charge is 0.481 e. The highest BCUT2D eigenvalue weighted by Crippen LogP contribution is 2.27. The number of aliphatic carboxylic acids is 1. The molecule has 5 nitrogen and oxygen atoms in total. The predicted molar refractivity (Wildman–Crippen MR) is 52.2 cm³/mol. The van der Waals surface area contributed by atoms with Crippen molar-refractivity contribution in [1.29, 1.82) is 5.26 Å². The monoisotopic (exact) mass is 205 g/mol. The van der Waals surface area contributed by atoms with Gasteiger partial charge in [-0.15, -0.1) is 0 Å². The third-order valence-corrected chi connectivity index (χ3v) is 2.76. The van der Waals surface area contributed by atoms with Gasteiger partial charge in [-0.2, -0.15) is 5.26 Å². The van der Waals surface area contributed by atoms with Crippen molar-refractivity contribution in [2.45, 2.75) is 12.0 Å². The third-order valence-electron chi connectivity index (χ3n) is 2.76. The number of carboxylic acid groups (broad SMARTS) is 1. The first-order valence-corrected chi connectivity index (χ1v) is 4.68. The maximum absolute atomic E-state index is 10.8. The van der Waals surface area contributed by atoms with Gasteiger partial charge in [0, 0.05) is 19.3 Å². The van der Waals surface area contributed by atoms with E-state index in [4.69, 9.17) is 10.4 Å². The van der Waals surface area contributed by atoms with Crippen LogP contribution in [0, 0.1) is 11.3 Å². The first kappa shape index (κ1) is 9.74. The predicted octanol–water partition coefficient (Wildman–Crippen LogP) is 0.133. The molecule has 1 aromatic rings. The molecule has 2 rings (SSSR count). The number of hydrogen-bond acceptors (Lipinski definition) is 3. The fourth-order valence-corrected chi connectivity index (χ4v) is 1.96. The molecule has 1 saturated heterocycles. The summed E-state index contributed by atoms with van der Waals surface area (Å²) in [5.74, 6) is -0.839. The van der Waals surface area contributed by atoms with Crippen LogP contribution >= 0.6 is 0 Å². The molecule has 0 radical (unpaired) electrons. The van der Waals surface area contributed by atoms with Gasteiger partial charge in [0.15, 0.2) is 0 Å². The van der Waals surface area contributed by atoms with E-state index in [0.29, 0.717) is 18.8 Å². The minimum atomic E-state index is -0.839. The van der Waals surface area contributed by atoms with Crippen LogP contribution in [0.25, 0.3) is 0 Å². The van der Waals surface area contributed by atoms with E-state index in [2.05, 4.69) is 11.4 Å². The molecule has 0 spiro atoms. The number of carboxylic acids is 1. The third kappa shape index (κ3) is 1.49. The summed E-state index contributed by atoms with van der Waals surface area (Å²) < 4.78 is 1.76. The minimum absolute atomic E-state index is 0.0450. The summed E-state index contributed by atoms with van der Waals surface area (Å²) >= 11 is 0. The Morgan fingerprint density at radius 2 is 2.47 bits per heavy atom. The van der Waals surface area contributed by atoms with Gasteiger partial charge in [0.1, 0.15) is 11.8 Å². The maximum atomic E-state index is 10.8. The van der Waals surface area contributed by atoms with Crippen molar-refractivity contribution in [2.24, 2.45) is 0 Å². The molecule has 0 bridgehead atoms. The molecule has 78 valence electrons. The van der Waals surface area contributed by atoms with E-state index in [1.54, 1.807) is 22.9 Å². The highest BCUT2D eigenvalue weighted by Gasteiger charge is 2.41. The summed E-state index contributed by atoms with van der Waals surface area (Å²) in [5, 5.41) is 20.8. The Morgan fingerprint density at radius 3 is 2.93 bits per heavy atom. The lowest BCUT2D eigenvalue weighted by Crippen LogP contribution is -2.61. The molecule has 5 heteroatoms. The number of nitriles is 1. The molecule has 1 aromatic heterocycles. The lowest BCUT2D eigenvalue weighted by molar-refractivity contribution is -0.140. The molecule has 0 atom stereocenters. The van der Waals surface area contributed by atoms with Crippen molar-refractivity contribution in [1.82, 2.24) is 9.88 Å². The van der Waals surface area contributed by atoms with Crippen molar-refractivity contribution in [3.63, 3.8) is 0 Å². The van der Waals surface area contributed by atoms with Gasteiger partial charge >= 0.3 is 5.97 Å². The van der Waals surface area contributed by atoms with Crippen LogP contribution in [0.3, 0.4) is 0 Å². The van der Waals surface area contributed by atoms with Gasteiger partial charge in [-0.25, -0.2) is 0 Å². The van der Waals surface area contributed by atoms with Crippen molar-refractivity contribution in [3.05, 3.63) is 24.0 Å². The zero-order chi connectivity index (χ0) is 10.9. The number of carbonyl (C=O) groups is 1. The summed E-state index contributed by atoms with van der Waals surface area (Å²) in [6.45, 7) is 1.20. The molecule has 1 fully saturated rings. The molecule has 1 aliphatic rings. The number of hydrogen-bond donors (Lipinski definition) is 2. The van der Waals surface area contributed by atoms with E-state index in [9.17, 15) is 4.79 Å². The first-order chi connectivity index (χ1) is 7.18. The first-order valence-electron chi connectivity index (χ1n) is 4.68. The average Bonchev–Trinajstić information content (AvgIpc) is 2.58. The van der Waals surface area contributed by atoms with Gasteiger partial charge in [0.05, 0.1) is 12.0 Å². The molecule has 0 unspecified atom stereocenters. The fourth-order valence-electron chi connectivity index (χ4n) is 1.96. The molecule has 0 aliphatic carbocycles. The summed E-state index contributed by atoms with van der Waals surface area (Å²) in [5.41, 5.74) is 0.0539. The maximum Gasteiger partial charge on any atom is 0.305 e. The molecule has 2 heterocycles. The van der Waals surface area contributed by atoms with Gasteiger partial charge in [-0.3, -0.25) is 4.79 Å².